The smallest absolute Gasteiger partial charge is 0.240 e. The maximum absolute atomic E-state index is 12.4. The third-order valence-corrected chi connectivity index (χ3v) is 5.73. The van der Waals surface area contributed by atoms with Crippen LogP contribution in [0.4, 0.5) is 0 Å². The van der Waals surface area contributed by atoms with Crippen LogP contribution in [0, 0.1) is 0 Å². The van der Waals surface area contributed by atoms with E-state index >= 15 is 0 Å². The Morgan fingerprint density at radius 2 is 1.93 bits per heavy atom. The van der Waals surface area contributed by atoms with Crippen LogP contribution >= 0.6 is 0 Å². The number of benzene rings is 2. The standard InChI is InChI=1S/C19H22N4O3S/c1-3-18-22-16-9-4-5-10-17(16)23(18)13-19(24)21-12-14-7-6-8-15(11-14)27(25,26)20-2/h4-11,20H,3,12-13H2,1-2H3,(H,21,24). The fraction of sp³-hybridized carbons (Fsp3) is 0.263. The Kier molecular flexibility index (Phi) is 5.57. The SMILES string of the molecule is CCc1nc2ccccc2n1CC(=O)NCc1cccc(S(=O)(=O)NC)c1. The molecule has 2 N–H and O–H groups in total. The zero-order valence-electron chi connectivity index (χ0n) is 15.3. The van der Waals surface area contributed by atoms with Crippen LogP contribution in [0.5, 0.6) is 0 Å². The van der Waals surface area contributed by atoms with Crippen molar-refractivity contribution in [1.82, 2.24) is 19.6 Å². The summed E-state index contributed by atoms with van der Waals surface area (Å²) in [5, 5.41) is 2.85. The molecule has 3 aromatic rings. The van der Waals surface area contributed by atoms with Gasteiger partial charge in [0.25, 0.3) is 0 Å². The molecule has 0 aliphatic carbocycles. The summed E-state index contributed by atoms with van der Waals surface area (Å²) in [5.41, 5.74) is 2.50. The van der Waals surface area contributed by atoms with Crippen molar-refractivity contribution in [1.29, 1.82) is 0 Å². The van der Waals surface area contributed by atoms with Crippen LogP contribution in [0.1, 0.15) is 18.3 Å². The molecule has 1 heterocycles. The number of fused-ring (bicyclic) bond motifs is 1. The molecule has 7 nitrogen and oxygen atoms in total. The molecule has 27 heavy (non-hydrogen) atoms. The van der Waals surface area contributed by atoms with E-state index < -0.39 is 10.0 Å². The second kappa shape index (κ2) is 7.89. The van der Waals surface area contributed by atoms with Gasteiger partial charge in [-0.2, -0.15) is 0 Å². The Morgan fingerprint density at radius 3 is 2.67 bits per heavy atom. The lowest BCUT2D eigenvalue weighted by Gasteiger charge is -2.10. The summed E-state index contributed by atoms with van der Waals surface area (Å²) in [6, 6.07) is 14.2. The summed E-state index contributed by atoms with van der Waals surface area (Å²) >= 11 is 0. The minimum absolute atomic E-state index is 0.158. The van der Waals surface area contributed by atoms with Gasteiger partial charge < -0.3 is 9.88 Å². The van der Waals surface area contributed by atoms with Gasteiger partial charge >= 0.3 is 0 Å². The highest BCUT2D eigenvalue weighted by atomic mass is 32.2. The van der Waals surface area contributed by atoms with Crippen LogP contribution in [0.3, 0.4) is 0 Å². The number of imidazole rings is 1. The third-order valence-electron chi connectivity index (χ3n) is 4.32. The van der Waals surface area contributed by atoms with E-state index in [9.17, 15) is 13.2 Å². The van der Waals surface area contributed by atoms with Gasteiger partial charge in [-0.15, -0.1) is 0 Å². The highest BCUT2D eigenvalue weighted by Crippen LogP contribution is 2.16. The van der Waals surface area contributed by atoms with Crippen LogP contribution in [0.2, 0.25) is 0 Å². The lowest BCUT2D eigenvalue weighted by Crippen LogP contribution is -2.28. The predicted molar refractivity (Wildman–Crippen MR) is 104 cm³/mol. The molecule has 8 heteroatoms. The maximum Gasteiger partial charge on any atom is 0.240 e. The van der Waals surface area contributed by atoms with Crippen molar-refractivity contribution in [3.63, 3.8) is 0 Å². The minimum atomic E-state index is -3.51. The normalized spacial score (nSPS) is 11.6. The predicted octanol–water partition coefficient (Wildman–Crippen LogP) is 1.82. The first kappa shape index (κ1) is 19.1. The molecule has 2 aromatic carbocycles. The molecule has 1 amide bonds. The molecule has 142 valence electrons. The Bertz CT molecular complexity index is 1070. The number of nitrogens with one attached hydrogen (secondary N) is 2. The molecular formula is C19H22N4O3S. The summed E-state index contributed by atoms with van der Waals surface area (Å²) in [7, 11) is -2.14. The molecule has 0 saturated heterocycles. The molecule has 0 radical (unpaired) electrons. The average Bonchev–Trinajstić information content (AvgIpc) is 3.04. The number of aromatic nitrogens is 2. The van der Waals surface area contributed by atoms with Crippen molar-refractivity contribution < 1.29 is 13.2 Å². The molecule has 3 rings (SSSR count). The number of carbonyl (C=O) groups excluding carboxylic acids is 1. The number of sulfonamides is 1. The molecule has 0 spiro atoms. The van der Waals surface area contributed by atoms with Gasteiger partial charge in [0.15, 0.2) is 0 Å². The van der Waals surface area contributed by atoms with E-state index in [0.717, 1.165) is 23.3 Å². The van der Waals surface area contributed by atoms with Crippen molar-refractivity contribution in [2.24, 2.45) is 0 Å². The minimum Gasteiger partial charge on any atom is -0.350 e. The average molecular weight is 386 g/mol. The van der Waals surface area contributed by atoms with Gasteiger partial charge in [0.1, 0.15) is 12.4 Å². The van der Waals surface area contributed by atoms with Crippen molar-refractivity contribution in [2.75, 3.05) is 7.05 Å². The Balaban J connectivity index is 1.72. The molecule has 1 aromatic heterocycles. The van der Waals surface area contributed by atoms with E-state index in [4.69, 9.17) is 0 Å². The Morgan fingerprint density at radius 1 is 1.15 bits per heavy atom. The van der Waals surface area contributed by atoms with Gasteiger partial charge in [-0.25, -0.2) is 18.1 Å². The van der Waals surface area contributed by atoms with Crippen molar-refractivity contribution in [3.8, 4) is 0 Å². The van der Waals surface area contributed by atoms with Crippen LogP contribution < -0.4 is 10.0 Å². The zero-order chi connectivity index (χ0) is 19.4. The van der Waals surface area contributed by atoms with Crippen LogP contribution in [0.25, 0.3) is 11.0 Å². The van der Waals surface area contributed by atoms with Crippen LogP contribution in [-0.4, -0.2) is 30.9 Å². The third kappa shape index (κ3) is 4.17. The summed E-state index contributed by atoms with van der Waals surface area (Å²) in [6.07, 6.45) is 0.728. The van der Waals surface area contributed by atoms with Crippen molar-refractivity contribution >= 4 is 27.0 Å². The summed E-state index contributed by atoms with van der Waals surface area (Å²) in [5.74, 6) is 0.697. The van der Waals surface area contributed by atoms with Gasteiger partial charge in [-0.1, -0.05) is 31.2 Å². The highest BCUT2D eigenvalue weighted by molar-refractivity contribution is 7.89. The number of hydrogen-bond donors (Lipinski definition) is 2. The van der Waals surface area contributed by atoms with Crippen molar-refractivity contribution in [2.45, 2.75) is 31.3 Å². The first-order chi connectivity index (χ1) is 12.9. The van der Waals surface area contributed by atoms with E-state index in [-0.39, 0.29) is 23.9 Å². The largest absolute Gasteiger partial charge is 0.350 e. The van der Waals surface area contributed by atoms with Gasteiger partial charge in [0, 0.05) is 13.0 Å². The van der Waals surface area contributed by atoms with Gasteiger partial charge in [-0.05, 0) is 36.9 Å². The van der Waals surface area contributed by atoms with Crippen LogP contribution in [0.15, 0.2) is 53.4 Å². The molecule has 0 bridgehead atoms. The lowest BCUT2D eigenvalue weighted by atomic mass is 10.2. The van der Waals surface area contributed by atoms with Gasteiger partial charge in [0.05, 0.1) is 15.9 Å². The fourth-order valence-electron chi connectivity index (χ4n) is 2.91. The van der Waals surface area contributed by atoms with E-state index in [1.807, 2.05) is 35.8 Å². The number of nitrogens with zero attached hydrogens (tertiary/aromatic N) is 2. The van der Waals surface area contributed by atoms with Gasteiger partial charge in [0.2, 0.25) is 15.9 Å². The second-order valence-corrected chi connectivity index (χ2v) is 7.97. The number of aryl methyl sites for hydroxylation is 1. The summed E-state index contributed by atoms with van der Waals surface area (Å²) in [4.78, 5) is 17.2. The number of hydrogen-bond acceptors (Lipinski definition) is 4. The Hall–Kier alpha value is -2.71. The second-order valence-electron chi connectivity index (χ2n) is 6.09. The fourth-order valence-corrected chi connectivity index (χ4v) is 3.71. The molecular weight excluding hydrogens is 364 g/mol. The van der Waals surface area contributed by atoms with E-state index in [1.165, 1.54) is 13.1 Å². The molecule has 0 aliphatic heterocycles. The number of amides is 1. The van der Waals surface area contributed by atoms with Crippen molar-refractivity contribution in [3.05, 3.63) is 59.9 Å². The Labute approximate surface area is 158 Å². The topological polar surface area (TPSA) is 93.1 Å². The quantitative estimate of drug-likeness (QED) is 0.648. The summed E-state index contributed by atoms with van der Waals surface area (Å²) < 4.78 is 28.0. The number of carbonyl (C=O) groups is 1. The number of para-hydroxylation sites is 2. The molecule has 0 saturated carbocycles. The maximum atomic E-state index is 12.4. The van der Waals surface area contributed by atoms with Crippen LogP contribution in [-0.2, 0) is 34.3 Å². The van der Waals surface area contributed by atoms with Gasteiger partial charge in [-0.3, -0.25) is 4.79 Å². The first-order valence-corrected chi connectivity index (χ1v) is 10.2. The monoisotopic (exact) mass is 386 g/mol. The molecule has 0 fully saturated rings. The zero-order valence-corrected chi connectivity index (χ0v) is 16.1. The first-order valence-electron chi connectivity index (χ1n) is 8.68. The van der Waals surface area contributed by atoms with E-state index in [0.29, 0.717) is 5.56 Å². The molecule has 0 atom stereocenters. The van der Waals surface area contributed by atoms with E-state index in [1.54, 1.807) is 18.2 Å². The lowest BCUT2D eigenvalue weighted by molar-refractivity contribution is -0.121. The molecule has 0 aliphatic rings. The van der Waals surface area contributed by atoms with E-state index in [2.05, 4.69) is 15.0 Å². The highest BCUT2D eigenvalue weighted by Gasteiger charge is 2.14. The molecule has 0 unspecified atom stereocenters. The number of rotatable bonds is 7. The summed E-state index contributed by atoms with van der Waals surface area (Å²) in [6.45, 7) is 2.42.